The number of hydrogen-bond acceptors (Lipinski definition) is 6. The summed E-state index contributed by atoms with van der Waals surface area (Å²) in [5.41, 5.74) is 1.83. The van der Waals surface area contributed by atoms with Crippen LogP contribution in [0.25, 0.3) is 0 Å². The summed E-state index contributed by atoms with van der Waals surface area (Å²) in [6.45, 7) is 3.82. The molecule has 0 aliphatic carbocycles. The molecule has 2 N–H and O–H groups in total. The minimum absolute atomic E-state index is 0.255. The van der Waals surface area contributed by atoms with E-state index in [4.69, 9.17) is 14.2 Å². The molecule has 0 spiro atoms. The van der Waals surface area contributed by atoms with Gasteiger partial charge in [-0.1, -0.05) is 12.1 Å². The van der Waals surface area contributed by atoms with Crippen LogP contribution in [0.3, 0.4) is 0 Å². The third-order valence-corrected chi connectivity index (χ3v) is 4.52. The van der Waals surface area contributed by atoms with Gasteiger partial charge in [-0.25, -0.2) is 9.78 Å². The van der Waals surface area contributed by atoms with Gasteiger partial charge in [0.15, 0.2) is 11.5 Å². The summed E-state index contributed by atoms with van der Waals surface area (Å²) in [5, 5.41) is 5.72. The van der Waals surface area contributed by atoms with Gasteiger partial charge in [-0.15, -0.1) is 0 Å². The van der Waals surface area contributed by atoms with Gasteiger partial charge in [0.1, 0.15) is 5.82 Å². The molecule has 0 radical (unpaired) electrons. The van der Waals surface area contributed by atoms with Gasteiger partial charge in [0.05, 0.1) is 27.4 Å². The van der Waals surface area contributed by atoms with Gasteiger partial charge in [0, 0.05) is 37.9 Å². The van der Waals surface area contributed by atoms with Crippen LogP contribution >= 0.6 is 0 Å². The summed E-state index contributed by atoms with van der Waals surface area (Å²) in [7, 11) is 3.17. The molecule has 0 bridgehead atoms. The molecule has 3 rings (SSSR count). The first-order valence-corrected chi connectivity index (χ1v) is 9.20. The lowest BCUT2D eigenvalue weighted by Crippen LogP contribution is -2.37. The lowest BCUT2D eigenvalue weighted by Gasteiger charge is -2.28. The number of carbonyl (C=O) groups excluding carboxylic acids is 1. The van der Waals surface area contributed by atoms with Gasteiger partial charge in [-0.2, -0.15) is 0 Å². The molecule has 1 fully saturated rings. The Kier molecular flexibility index (Phi) is 6.91. The Bertz CT molecular complexity index is 794. The minimum Gasteiger partial charge on any atom is -0.493 e. The Balaban J connectivity index is 1.52. The summed E-state index contributed by atoms with van der Waals surface area (Å²) in [6.07, 6.45) is 1.76. The van der Waals surface area contributed by atoms with E-state index in [-0.39, 0.29) is 6.03 Å². The Morgan fingerprint density at radius 3 is 2.68 bits per heavy atom. The number of nitrogens with one attached hydrogen (secondary N) is 2. The number of pyridine rings is 1. The quantitative estimate of drug-likeness (QED) is 0.757. The topological polar surface area (TPSA) is 85.0 Å². The highest BCUT2D eigenvalue weighted by Crippen LogP contribution is 2.30. The molecule has 1 saturated heterocycles. The molecule has 1 aromatic carbocycles. The second-order valence-corrected chi connectivity index (χ2v) is 6.31. The van der Waals surface area contributed by atoms with Crippen LogP contribution in [0.5, 0.6) is 11.5 Å². The summed E-state index contributed by atoms with van der Waals surface area (Å²) < 4.78 is 16.0. The molecule has 1 aromatic heterocycles. The number of rotatable bonds is 7. The predicted octanol–water partition coefficient (Wildman–Crippen LogP) is 1.93. The van der Waals surface area contributed by atoms with Crippen molar-refractivity contribution in [1.82, 2.24) is 15.6 Å². The van der Waals surface area contributed by atoms with E-state index in [0.717, 1.165) is 30.0 Å². The zero-order chi connectivity index (χ0) is 19.8. The molecule has 0 atom stereocenters. The van der Waals surface area contributed by atoms with Crippen molar-refractivity contribution < 1.29 is 19.0 Å². The summed E-state index contributed by atoms with van der Waals surface area (Å²) in [4.78, 5) is 18.8. The first-order chi connectivity index (χ1) is 13.7. The van der Waals surface area contributed by atoms with Crippen molar-refractivity contribution in [3.05, 3.63) is 47.7 Å². The number of aromatic nitrogens is 1. The number of morpholine rings is 1. The maximum Gasteiger partial charge on any atom is 0.315 e. The number of urea groups is 1. The lowest BCUT2D eigenvalue weighted by atomic mass is 10.2. The fraction of sp³-hybridized carbons (Fsp3) is 0.400. The SMILES string of the molecule is COc1cccc(CNC(=O)NCc2ccnc(N3CCOCC3)c2)c1OC. The minimum atomic E-state index is -0.255. The Labute approximate surface area is 164 Å². The van der Waals surface area contributed by atoms with Crippen molar-refractivity contribution in [2.45, 2.75) is 13.1 Å². The molecule has 8 nitrogen and oxygen atoms in total. The van der Waals surface area contributed by atoms with Crippen LogP contribution in [0.1, 0.15) is 11.1 Å². The second kappa shape index (κ2) is 9.80. The van der Waals surface area contributed by atoms with Crippen LogP contribution in [0, 0.1) is 0 Å². The normalized spacial score (nSPS) is 13.7. The smallest absolute Gasteiger partial charge is 0.315 e. The lowest BCUT2D eigenvalue weighted by molar-refractivity contribution is 0.122. The number of benzene rings is 1. The van der Waals surface area contributed by atoms with Crippen LogP contribution < -0.4 is 25.0 Å². The largest absolute Gasteiger partial charge is 0.493 e. The van der Waals surface area contributed by atoms with E-state index in [9.17, 15) is 4.79 Å². The number of amides is 2. The zero-order valence-corrected chi connectivity index (χ0v) is 16.2. The van der Waals surface area contributed by atoms with Crippen LogP contribution in [0.4, 0.5) is 10.6 Å². The number of ether oxygens (including phenoxy) is 3. The van der Waals surface area contributed by atoms with Gasteiger partial charge in [0.25, 0.3) is 0 Å². The highest BCUT2D eigenvalue weighted by Gasteiger charge is 2.13. The van der Waals surface area contributed by atoms with Crippen LogP contribution in [-0.4, -0.2) is 51.5 Å². The van der Waals surface area contributed by atoms with E-state index in [1.165, 1.54) is 0 Å². The van der Waals surface area contributed by atoms with E-state index in [1.807, 2.05) is 30.3 Å². The average molecular weight is 386 g/mol. The molecular weight excluding hydrogens is 360 g/mol. The third-order valence-electron chi connectivity index (χ3n) is 4.52. The zero-order valence-electron chi connectivity index (χ0n) is 16.2. The standard InChI is InChI=1S/C20H26N4O4/c1-26-17-5-3-4-16(19(17)27-2)14-23-20(25)22-13-15-6-7-21-18(12-15)24-8-10-28-11-9-24/h3-7,12H,8-11,13-14H2,1-2H3,(H2,22,23,25). The van der Waals surface area contributed by atoms with Crippen LogP contribution in [0.15, 0.2) is 36.5 Å². The molecule has 1 aliphatic heterocycles. The highest BCUT2D eigenvalue weighted by atomic mass is 16.5. The average Bonchev–Trinajstić information content (AvgIpc) is 2.76. The molecule has 8 heteroatoms. The molecule has 0 unspecified atom stereocenters. The number of carbonyl (C=O) groups is 1. The van der Waals surface area contributed by atoms with E-state index in [0.29, 0.717) is 37.8 Å². The Morgan fingerprint density at radius 1 is 1.14 bits per heavy atom. The van der Waals surface area contributed by atoms with Crippen molar-refractivity contribution in [3.8, 4) is 11.5 Å². The molecule has 150 valence electrons. The number of anilines is 1. The highest BCUT2D eigenvalue weighted by molar-refractivity contribution is 5.74. The Morgan fingerprint density at radius 2 is 1.93 bits per heavy atom. The first-order valence-electron chi connectivity index (χ1n) is 9.20. The maximum absolute atomic E-state index is 12.2. The fourth-order valence-corrected chi connectivity index (χ4v) is 3.05. The summed E-state index contributed by atoms with van der Waals surface area (Å²) in [6, 6.07) is 9.21. The molecule has 0 saturated carbocycles. The van der Waals surface area contributed by atoms with E-state index in [2.05, 4.69) is 20.5 Å². The molecule has 2 heterocycles. The van der Waals surface area contributed by atoms with Crippen molar-refractivity contribution >= 4 is 11.8 Å². The van der Waals surface area contributed by atoms with Crippen LogP contribution in [0.2, 0.25) is 0 Å². The van der Waals surface area contributed by atoms with Crippen molar-refractivity contribution in [2.24, 2.45) is 0 Å². The second-order valence-electron chi connectivity index (χ2n) is 6.31. The van der Waals surface area contributed by atoms with Crippen molar-refractivity contribution in [2.75, 3.05) is 45.4 Å². The number of hydrogen-bond donors (Lipinski definition) is 2. The van der Waals surface area contributed by atoms with E-state index >= 15 is 0 Å². The number of nitrogens with zero attached hydrogens (tertiary/aromatic N) is 2. The maximum atomic E-state index is 12.2. The van der Waals surface area contributed by atoms with Crippen molar-refractivity contribution in [1.29, 1.82) is 0 Å². The van der Waals surface area contributed by atoms with Crippen LogP contribution in [-0.2, 0) is 17.8 Å². The van der Waals surface area contributed by atoms with Gasteiger partial charge in [0.2, 0.25) is 0 Å². The molecule has 2 amide bonds. The molecular formula is C20H26N4O4. The summed E-state index contributed by atoms with van der Waals surface area (Å²) in [5.74, 6) is 2.16. The summed E-state index contributed by atoms with van der Waals surface area (Å²) >= 11 is 0. The predicted molar refractivity (Wildman–Crippen MR) is 106 cm³/mol. The van der Waals surface area contributed by atoms with E-state index in [1.54, 1.807) is 20.4 Å². The van der Waals surface area contributed by atoms with Crippen molar-refractivity contribution in [3.63, 3.8) is 0 Å². The molecule has 1 aliphatic rings. The monoisotopic (exact) mass is 386 g/mol. The van der Waals surface area contributed by atoms with Gasteiger partial charge in [-0.05, 0) is 23.8 Å². The molecule has 2 aromatic rings. The third kappa shape index (κ3) is 5.04. The number of methoxy groups -OCH3 is 2. The first kappa shape index (κ1) is 19.8. The van der Waals surface area contributed by atoms with E-state index < -0.39 is 0 Å². The van der Waals surface area contributed by atoms with Gasteiger partial charge < -0.3 is 29.7 Å². The van der Waals surface area contributed by atoms with Gasteiger partial charge >= 0.3 is 6.03 Å². The number of para-hydroxylation sites is 1. The van der Waals surface area contributed by atoms with Gasteiger partial charge in [-0.3, -0.25) is 0 Å². The molecule has 28 heavy (non-hydrogen) atoms. The Hall–Kier alpha value is -3.00. The fourth-order valence-electron chi connectivity index (χ4n) is 3.05.